The van der Waals surface area contributed by atoms with E-state index in [9.17, 15) is 9.59 Å². The summed E-state index contributed by atoms with van der Waals surface area (Å²) < 4.78 is 3.50. The third kappa shape index (κ3) is 3.36. The van der Waals surface area contributed by atoms with Gasteiger partial charge in [-0.15, -0.1) is 0 Å². The second-order valence-electron chi connectivity index (χ2n) is 6.11. The Morgan fingerprint density at radius 1 is 0.920 bits per heavy atom. The van der Waals surface area contributed by atoms with Crippen LogP contribution in [-0.2, 0) is 17.9 Å². The Balaban J connectivity index is 1.83. The van der Waals surface area contributed by atoms with Gasteiger partial charge in [0.1, 0.15) is 0 Å². The number of benzene rings is 2. The quantitative estimate of drug-likeness (QED) is 0.693. The minimum absolute atomic E-state index is 0.00887. The van der Waals surface area contributed by atoms with Crippen LogP contribution in [0.3, 0.4) is 0 Å². The lowest BCUT2D eigenvalue weighted by molar-refractivity contribution is -0.118. The Labute approximate surface area is 147 Å². The fourth-order valence-corrected chi connectivity index (χ4v) is 3.10. The van der Waals surface area contributed by atoms with E-state index in [0.717, 1.165) is 23.1 Å². The molecule has 0 aliphatic carbocycles. The van der Waals surface area contributed by atoms with E-state index in [1.54, 1.807) is 21.1 Å². The predicted octanol–water partition coefficient (Wildman–Crippen LogP) is 3.27. The molecule has 5 nitrogen and oxygen atoms in total. The van der Waals surface area contributed by atoms with Crippen molar-refractivity contribution < 1.29 is 4.79 Å². The van der Waals surface area contributed by atoms with Crippen LogP contribution >= 0.6 is 0 Å². The maximum Gasteiger partial charge on any atom is 0.329 e. The fourth-order valence-electron chi connectivity index (χ4n) is 3.10. The number of anilines is 1. The van der Waals surface area contributed by atoms with E-state index in [1.807, 2.05) is 54.6 Å². The minimum Gasteiger partial charge on any atom is -0.315 e. The van der Waals surface area contributed by atoms with Gasteiger partial charge in [0.05, 0.1) is 11.0 Å². The van der Waals surface area contributed by atoms with Gasteiger partial charge in [0.25, 0.3) is 0 Å². The van der Waals surface area contributed by atoms with Crippen molar-refractivity contribution in [1.29, 1.82) is 0 Å². The number of hydrogen-bond acceptors (Lipinski definition) is 2. The van der Waals surface area contributed by atoms with Gasteiger partial charge in [0.2, 0.25) is 5.91 Å². The summed E-state index contributed by atoms with van der Waals surface area (Å²) in [5.74, 6) is -0.00887. The zero-order valence-electron chi connectivity index (χ0n) is 14.7. The molecule has 1 amide bonds. The van der Waals surface area contributed by atoms with Crippen LogP contribution in [0.1, 0.15) is 19.8 Å². The zero-order valence-corrected chi connectivity index (χ0v) is 14.7. The fraction of sp³-hybridized carbons (Fsp3) is 0.300. The SMILES string of the molecule is CCCn1c(=O)n(CCC(=O)N(C)c2ccccc2)c2ccccc21. The normalized spacial score (nSPS) is 11.0. The van der Waals surface area contributed by atoms with E-state index in [0.29, 0.717) is 13.1 Å². The molecule has 0 spiro atoms. The number of rotatable bonds is 6. The van der Waals surface area contributed by atoms with Crippen LogP contribution in [0.25, 0.3) is 11.0 Å². The van der Waals surface area contributed by atoms with Crippen molar-refractivity contribution in [2.45, 2.75) is 32.9 Å². The molecule has 25 heavy (non-hydrogen) atoms. The number of aryl methyl sites for hydroxylation is 2. The summed E-state index contributed by atoms with van der Waals surface area (Å²) >= 11 is 0. The molecule has 2 aromatic carbocycles. The first-order valence-corrected chi connectivity index (χ1v) is 8.63. The first-order chi connectivity index (χ1) is 12.1. The molecular formula is C20H23N3O2. The van der Waals surface area contributed by atoms with Gasteiger partial charge in [-0.05, 0) is 30.7 Å². The van der Waals surface area contributed by atoms with Crippen molar-refractivity contribution in [3.63, 3.8) is 0 Å². The minimum atomic E-state index is -0.0433. The number of nitrogens with zero attached hydrogens (tertiary/aromatic N) is 3. The van der Waals surface area contributed by atoms with Gasteiger partial charge in [-0.3, -0.25) is 13.9 Å². The summed E-state index contributed by atoms with van der Waals surface area (Å²) in [7, 11) is 1.76. The third-order valence-corrected chi connectivity index (χ3v) is 4.44. The number of carbonyl (C=O) groups is 1. The van der Waals surface area contributed by atoms with Crippen molar-refractivity contribution in [3.8, 4) is 0 Å². The van der Waals surface area contributed by atoms with Gasteiger partial charge in [0.15, 0.2) is 0 Å². The van der Waals surface area contributed by atoms with E-state index < -0.39 is 0 Å². The summed E-state index contributed by atoms with van der Waals surface area (Å²) in [6.45, 7) is 3.12. The number of hydrogen-bond donors (Lipinski definition) is 0. The summed E-state index contributed by atoms with van der Waals surface area (Å²) in [4.78, 5) is 26.9. The molecule has 1 heterocycles. The summed E-state index contributed by atoms with van der Waals surface area (Å²) in [6, 6.07) is 17.3. The maximum absolute atomic E-state index is 12.7. The highest BCUT2D eigenvalue weighted by Crippen LogP contribution is 2.15. The first-order valence-electron chi connectivity index (χ1n) is 8.63. The Morgan fingerprint density at radius 3 is 2.08 bits per heavy atom. The molecule has 3 rings (SSSR count). The van der Waals surface area contributed by atoms with Crippen molar-refractivity contribution in [1.82, 2.24) is 9.13 Å². The highest BCUT2D eigenvalue weighted by molar-refractivity contribution is 5.92. The van der Waals surface area contributed by atoms with Crippen molar-refractivity contribution in [2.24, 2.45) is 0 Å². The van der Waals surface area contributed by atoms with Crippen LogP contribution in [0.2, 0.25) is 0 Å². The molecule has 0 bridgehead atoms. The summed E-state index contributed by atoms with van der Waals surface area (Å²) in [5.41, 5.74) is 2.63. The molecule has 0 N–H and O–H groups in total. The Morgan fingerprint density at radius 2 is 1.48 bits per heavy atom. The monoisotopic (exact) mass is 337 g/mol. The number of aromatic nitrogens is 2. The molecule has 0 unspecified atom stereocenters. The summed E-state index contributed by atoms with van der Waals surface area (Å²) in [6.07, 6.45) is 1.18. The molecule has 0 aliphatic rings. The number of imidazole rings is 1. The standard InChI is InChI=1S/C20H23N3O2/c1-3-14-22-17-11-7-8-12-18(17)23(20(22)25)15-13-19(24)21(2)16-9-5-4-6-10-16/h4-12H,3,13-15H2,1-2H3. The third-order valence-electron chi connectivity index (χ3n) is 4.44. The van der Waals surface area contributed by atoms with Crippen molar-refractivity contribution in [3.05, 3.63) is 65.1 Å². The number of carbonyl (C=O) groups excluding carboxylic acids is 1. The van der Waals surface area contributed by atoms with Gasteiger partial charge in [-0.2, -0.15) is 0 Å². The van der Waals surface area contributed by atoms with Crippen LogP contribution < -0.4 is 10.6 Å². The number of para-hydroxylation sites is 3. The zero-order chi connectivity index (χ0) is 17.8. The van der Waals surface area contributed by atoms with E-state index in [4.69, 9.17) is 0 Å². The molecule has 0 saturated carbocycles. The largest absolute Gasteiger partial charge is 0.329 e. The molecule has 0 saturated heterocycles. The van der Waals surface area contributed by atoms with Crippen LogP contribution in [0, 0.1) is 0 Å². The lowest BCUT2D eigenvalue weighted by Gasteiger charge is -2.17. The highest BCUT2D eigenvalue weighted by Gasteiger charge is 2.15. The number of fused-ring (bicyclic) bond motifs is 1. The number of amides is 1. The van der Waals surface area contributed by atoms with Crippen molar-refractivity contribution >= 4 is 22.6 Å². The summed E-state index contributed by atoms with van der Waals surface area (Å²) in [5, 5.41) is 0. The van der Waals surface area contributed by atoms with Crippen LogP contribution in [-0.4, -0.2) is 22.1 Å². The molecule has 0 fully saturated rings. The Kier molecular flexibility index (Phi) is 5.03. The van der Waals surface area contributed by atoms with Crippen LogP contribution in [0.4, 0.5) is 5.69 Å². The first kappa shape index (κ1) is 17.0. The molecular weight excluding hydrogens is 314 g/mol. The van der Waals surface area contributed by atoms with E-state index >= 15 is 0 Å². The van der Waals surface area contributed by atoms with Gasteiger partial charge < -0.3 is 4.90 Å². The van der Waals surface area contributed by atoms with Gasteiger partial charge in [0, 0.05) is 32.2 Å². The van der Waals surface area contributed by atoms with Gasteiger partial charge in [-0.25, -0.2) is 4.79 Å². The average Bonchev–Trinajstić information content (AvgIpc) is 2.92. The van der Waals surface area contributed by atoms with Crippen molar-refractivity contribution in [2.75, 3.05) is 11.9 Å². The highest BCUT2D eigenvalue weighted by atomic mass is 16.2. The van der Waals surface area contributed by atoms with E-state index in [1.165, 1.54) is 0 Å². The van der Waals surface area contributed by atoms with Crippen LogP contribution in [0.15, 0.2) is 59.4 Å². The van der Waals surface area contributed by atoms with E-state index in [2.05, 4.69) is 6.92 Å². The lowest BCUT2D eigenvalue weighted by atomic mass is 10.2. The molecule has 0 atom stereocenters. The molecule has 5 heteroatoms. The van der Waals surface area contributed by atoms with E-state index in [-0.39, 0.29) is 18.0 Å². The lowest BCUT2D eigenvalue weighted by Crippen LogP contribution is -2.30. The Hall–Kier alpha value is -2.82. The van der Waals surface area contributed by atoms with Gasteiger partial charge in [-0.1, -0.05) is 37.3 Å². The second kappa shape index (κ2) is 7.38. The second-order valence-corrected chi connectivity index (χ2v) is 6.11. The topological polar surface area (TPSA) is 47.2 Å². The van der Waals surface area contributed by atoms with Crippen LogP contribution in [0.5, 0.6) is 0 Å². The predicted molar refractivity (Wildman–Crippen MR) is 101 cm³/mol. The maximum atomic E-state index is 12.7. The molecule has 3 aromatic rings. The van der Waals surface area contributed by atoms with Gasteiger partial charge >= 0.3 is 5.69 Å². The smallest absolute Gasteiger partial charge is 0.315 e. The molecule has 0 radical (unpaired) electrons. The Bertz CT molecular complexity index is 925. The molecule has 1 aromatic heterocycles. The molecule has 130 valence electrons. The average molecular weight is 337 g/mol. The molecule has 0 aliphatic heterocycles.